The van der Waals surface area contributed by atoms with E-state index in [9.17, 15) is 9.18 Å². The summed E-state index contributed by atoms with van der Waals surface area (Å²) < 4.78 is 14.0. The molecule has 1 fully saturated rings. The molecule has 1 aliphatic rings. The summed E-state index contributed by atoms with van der Waals surface area (Å²) in [6, 6.07) is 14.4. The largest absolute Gasteiger partial charge is 0.371 e. The topological polar surface area (TPSA) is 45.2 Å². The van der Waals surface area contributed by atoms with E-state index in [2.05, 4.69) is 37.2 Å². The van der Waals surface area contributed by atoms with E-state index in [4.69, 9.17) is 0 Å². The highest BCUT2D eigenvalue weighted by Gasteiger charge is 2.25. The fraction of sp³-hybridized carbons (Fsp3) is 0.273. The average molecular weight is 442 g/mol. The number of pyridine rings is 1. The van der Waals surface area contributed by atoms with E-state index in [1.165, 1.54) is 12.1 Å². The van der Waals surface area contributed by atoms with Crippen LogP contribution >= 0.6 is 15.9 Å². The first-order chi connectivity index (χ1) is 13.6. The lowest BCUT2D eigenvalue weighted by molar-refractivity contribution is -0.125. The Kier molecular flexibility index (Phi) is 5.57. The van der Waals surface area contributed by atoms with Crippen LogP contribution in [-0.2, 0) is 11.3 Å². The molecule has 144 valence electrons. The average Bonchev–Trinajstić information content (AvgIpc) is 2.73. The van der Waals surface area contributed by atoms with Gasteiger partial charge in [-0.25, -0.2) is 4.39 Å². The van der Waals surface area contributed by atoms with Crippen LogP contribution in [0.4, 0.5) is 10.1 Å². The Morgan fingerprint density at radius 1 is 1.14 bits per heavy atom. The molecule has 0 saturated carbocycles. The van der Waals surface area contributed by atoms with Crippen molar-refractivity contribution in [2.45, 2.75) is 19.4 Å². The third-order valence-corrected chi connectivity index (χ3v) is 5.76. The van der Waals surface area contributed by atoms with E-state index < -0.39 is 0 Å². The predicted octanol–water partition coefficient (Wildman–Crippen LogP) is 4.67. The molecule has 1 amide bonds. The van der Waals surface area contributed by atoms with Crippen LogP contribution in [0, 0.1) is 11.7 Å². The molecule has 2 heterocycles. The first kappa shape index (κ1) is 18.9. The molecule has 0 unspecified atom stereocenters. The fourth-order valence-corrected chi connectivity index (χ4v) is 4.06. The molecule has 0 radical (unpaired) electrons. The monoisotopic (exact) mass is 441 g/mol. The quantitative estimate of drug-likeness (QED) is 0.639. The van der Waals surface area contributed by atoms with Crippen molar-refractivity contribution in [3.63, 3.8) is 0 Å². The normalized spacial score (nSPS) is 15.0. The lowest BCUT2D eigenvalue weighted by atomic mass is 9.95. The molecular formula is C22H21BrFN3O. The molecule has 2 aromatic carbocycles. The Morgan fingerprint density at radius 2 is 1.89 bits per heavy atom. The van der Waals surface area contributed by atoms with Crippen LogP contribution in [0.2, 0.25) is 0 Å². The maximum absolute atomic E-state index is 13.0. The van der Waals surface area contributed by atoms with Crippen molar-refractivity contribution in [1.82, 2.24) is 10.3 Å². The van der Waals surface area contributed by atoms with Crippen molar-refractivity contribution in [1.29, 1.82) is 0 Å². The Morgan fingerprint density at radius 3 is 2.64 bits per heavy atom. The molecule has 1 N–H and O–H groups in total. The standard InChI is InChI=1S/C22H21BrFN3O/c23-17-3-6-20-19(13-17)21(7-10-25-20)27-11-8-16(9-12-27)22(28)26-14-15-1-4-18(24)5-2-15/h1-7,10,13,16H,8-9,11-12,14H2,(H,26,28). The van der Waals surface area contributed by atoms with Gasteiger partial charge < -0.3 is 10.2 Å². The maximum atomic E-state index is 13.0. The van der Waals surface area contributed by atoms with Gasteiger partial charge in [-0.1, -0.05) is 28.1 Å². The van der Waals surface area contributed by atoms with Gasteiger partial charge in [0.25, 0.3) is 0 Å². The number of piperidine rings is 1. The zero-order chi connectivity index (χ0) is 19.5. The minimum absolute atomic E-state index is 0.0107. The van der Waals surface area contributed by atoms with Crippen molar-refractivity contribution in [2.24, 2.45) is 5.92 Å². The van der Waals surface area contributed by atoms with E-state index in [0.717, 1.165) is 52.6 Å². The Hall–Kier alpha value is -2.47. The third-order valence-electron chi connectivity index (χ3n) is 5.27. The minimum atomic E-state index is -0.266. The highest BCUT2D eigenvalue weighted by Crippen LogP contribution is 2.31. The smallest absolute Gasteiger partial charge is 0.223 e. The number of benzene rings is 2. The summed E-state index contributed by atoms with van der Waals surface area (Å²) in [4.78, 5) is 19.3. The molecule has 3 aromatic rings. The van der Waals surface area contributed by atoms with E-state index in [1.54, 1.807) is 12.1 Å². The molecule has 0 spiro atoms. The molecule has 4 nitrogen and oxygen atoms in total. The van der Waals surface area contributed by atoms with Crippen molar-refractivity contribution >= 4 is 38.4 Å². The first-order valence-corrected chi connectivity index (χ1v) is 10.2. The highest BCUT2D eigenvalue weighted by molar-refractivity contribution is 9.10. The van der Waals surface area contributed by atoms with Crippen molar-refractivity contribution in [2.75, 3.05) is 18.0 Å². The van der Waals surface area contributed by atoms with Gasteiger partial charge in [0.15, 0.2) is 0 Å². The fourth-order valence-electron chi connectivity index (χ4n) is 3.70. The van der Waals surface area contributed by atoms with E-state index in [1.807, 2.05) is 24.4 Å². The van der Waals surface area contributed by atoms with E-state index in [-0.39, 0.29) is 17.6 Å². The predicted molar refractivity (Wildman–Crippen MR) is 113 cm³/mol. The number of aromatic nitrogens is 1. The van der Waals surface area contributed by atoms with Crippen LogP contribution < -0.4 is 10.2 Å². The number of hydrogen-bond donors (Lipinski definition) is 1. The van der Waals surface area contributed by atoms with E-state index in [0.29, 0.717) is 6.54 Å². The molecule has 0 aliphatic carbocycles. The Balaban J connectivity index is 1.37. The summed E-state index contributed by atoms with van der Waals surface area (Å²) in [6.07, 6.45) is 3.47. The number of rotatable bonds is 4. The van der Waals surface area contributed by atoms with Crippen LogP contribution in [-0.4, -0.2) is 24.0 Å². The zero-order valence-electron chi connectivity index (χ0n) is 15.4. The summed E-state index contributed by atoms with van der Waals surface area (Å²) in [5, 5.41) is 4.11. The van der Waals surface area contributed by atoms with Crippen LogP contribution in [0.1, 0.15) is 18.4 Å². The van der Waals surface area contributed by atoms with Gasteiger partial charge >= 0.3 is 0 Å². The van der Waals surface area contributed by atoms with Crippen LogP contribution in [0.3, 0.4) is 0 Å². The summed E-state index contributed by atoms with van der Waals surface area (Å²) in [5.74, 6) is -0.180. The van der Waals surface area contributed by atoms with Gasteiger partial charge in [-0.3, -0.25) is 9.78 Å². The number of fused-ring (bicyclic) bond motifs is 1. The third kappa shape index (κ3) is 4.17. The maximum Gasteiger partial charge on any atom is 0.223 e. The SMILES string of the molecule is O=C(NCc1ccc(F)cc1)C1CCN(c2ccnc3ccc(Br)cc23)CC1. The van der Waals surface area contributed by atoms with Gasteiger partial charge in [-0.15, -0.1) is 0 Å². The summed E-state index contributed by atoms with van der Waals surface area (Å²) in [7, 11) is 0. The van der Waals surface area contributed by atoms with Crippen molar-refractivity contribution < 1.29 is 9.18 Å². The number of carbonyl (C=O) groups excluding carboxylic acids is 1. The number of halogens is 2. The summed E-state index contributed by atoms with van der Waals surface area (Å²) in [5.41, 5.74) is 3.04. The van der Waals surface area contributed by atoms with Gasteiger partial charge in [-0.2, -0.15) is 0 Å². The number of nitrogens with one attached hydrogen (secondary N) is 1. The van der Waals surface area contributed by atoms with Gasteiger partial charge in [0.05, 0.1) is 5.52 Å². The number of hydrogen-bond acceptors (Lipinski definition) is 3. The van der Waals surface area contributed by atoms with Gasteiger partial charge in [0.1, 0.15) is 5.82 Å². The molecule has 0 bridgehead atoms. The molecule has 1 aliphatic heterocycles. The van der Waals surface area contributed by atoms with Crippen LogP contribution in [0.15, 0.2) is 59.2 Å². The number of anilines is 1. The molecule has 0 atom stereocenters. The zero-order valence-corrected chi connectivity index (χ0v) is 17.0. The van der Waals surface area contributed by atoms with E-state index >= 15 is 0 Å². The van der Waals surface area contributed by atoms with Crippen LogP contribution in [0.5, 0.6) is 0 Å². The lowest BCUT2D eigenvalue weighted by Gasteiger charge is -2.33. The number of nitrogens with zero attached hydrogens (tertiary/aromatic N) is 2. The highest BCUT2D eigenvalue weighted by atomic mass is 79.9. The molecule has 1 saturated heterocycles. The number of carbonyl (C=O) groups is 1. The molecule has 1 aromatic heterocycles. The van der Waals surface area contributed by atoms with Gasteiger partial charge in [0.2, 0.25) is 5.91 Å². The lowest BCUT2D eigenvalue weighted by Crippen LogP contribution is -2.40. The first-order valence-electron chi connectivity index (χ1n) is 9.41. The second-order valence-electron chi connectivity index (χ2n) is 7.10. The molecule has 28 heavy (non-hydrogen) atoms. The Bertz CT molecular complexity index is 985. The van der Waals surface area contributed by atoms with Crippen LogP contribution in [0.25, 0.3) is 10.9 Å². The van der Waals surface area contributed by atoms with Crippen molar-refractivity contribution in [3.8, 4) is 0 Å². The summed E-state index contributed by atoms with van der Waals surface area (Å²) >= 11 is 3.54. The molecule has 6 heteroatoms. The second-order valence-corrected chi connectivity index (χ2v) is 8.01. The second kappa shape index (κ2) is 8.27. The molecule has 4 rings (SSSR count). The minimum Gasteiger partial charge on any atom is -0.371 e. The number of amides is 1. The molecular weight excluding hydrogens is 421 g/mol. The van der Waals surface area contributed by atoms with Gasteiger partial charge in [-0.05, 0) is 54.8 Å². The van der Waals surface area contributed by atoms with Gasteiger partial charge in [0, 0.05) is 47.3 Å². The Labute approximate surface area is 171 Å². The summed E-state index contributed by atoms with van der Waals surface area (Å²) in [6.45, 7) is 2.10. The van der Waals surface area contributed by atoms with Crippen molar-refractivity contribution in [3.05, 3.63) is 70.6 Å².